The Labute approximate surface area is 85.0 Å². The maximum absolute atomic E-state index is 4.37. The predicted molar refractivity (Wildman–Crippen MR) is 56.0 cm³/mol. The van der Waals surface area contributed by atoms with Crippen LogP contribution >= 0.6 is 0 Å². The van der Waals surface area contributed by atoms with Crippen molar-refractivity contribution < 1.29 is 0 Å². The minimum atomic E-state index is 0.373. The van der Waals surface area contributed by atoms with Gasteiger partial charge in [-0.15, -0.1) is 0 Å². The number of hydrogen-bond donors (Lipinski definition) is 1. The maximum atomic E-state index is 4.37. The average molecular weight is 191 g/mol. The number of nitrogens with zero attached hydrogens (tertiary/aromatic N) is 2. The van der Waals surface area contributed by atoms with Crippen molar-refractivity contribution in [3.05, 3.63) is 23.8 Å². The topological polar surface area (TPSA) is 37.8 Å². The van der Waals surface area contributed by atoms with Gasteiger partial charge in [-0.2, -0.15) is 0 Å². The lowest BCUT2D eigenvalue weighted by Crippen LogP contribution is -2.22. The van der Waals surface area contributed by atoms with E-state index in [0.29, 0.717) is 6.04 Å². The third-order valence-electron chi connectivity index (χ3n) is 2.67. The van der Waals surface area contributed by atoms with Crippen molar-refractivity contribution in [1.82, 2.24) is 15.3 Å². The number of hydrogen-bond acceptors (Lipinski definition) is 3. The van der Waals surface area contributed by atoms with Crippen molar-refractivity contribution in [2.75, 3.05) is 6.54 Å². The summed E-state index contributed by atoms with van der Waals surface area (Å²) in [7, 11) is 0. The first-order chi connectivity index (χ1) is 6.86. The first-order valence-electron chi connectivity index (χ1n) is 5.38. The van der Waals surface area contributed by atoms with Gasteiger partial charge in [0.25, 0.3) is 0 Å². The van der Waals surface area contributed by atoms with E-state index in [-0.39, 0.29) is 0 Å². The van der Waals surface area contributed by atoms with Crippen LogP contribution in [0.4, 0.5) is 0 Å². The lowest BCUT2D eigenvalue weighted by molar-refractivity contribution is 0.507. The molecule has 2 heterocycles. The van der Waals surface area contributed by atoms with Gasteiger partial charge in [-0.25, -0.2) is 9.97 Å². The van der Waals surface area contributed by atoms with E-state index in [1.54, 1.807) is 0 Å². The Balaban J connectivity index is 2.08. The molecule has 0 bridgehead atoms. The largest absolute Gasteiger partial charge is 0.307 e. The zero-order valence-electron chi connectivity index (χ0n) is 8.66. The van der Waals surface area contributed by atoms with E-state index in [0.717, 1.165) is 17.9 Å². The van der Waals surface area contributed by atoms with Gasteiger partial charge in [0, 0.05) is 12.4 Å². The first kappa shape index (κ1) is 9.59. The Bertz CT molecular complexity index is 273. The van der Waals surface area contributed by atoms with E-state index in [1.165, 1.54) is 25.7 Å². The van der Waals surface area contributed by atoms with E-state index < -0.39 is 0 Å². The van der Waals surface area contributed by atoms with E-state index >= 15 is 0 Å². The van der Waals surface area contributed by atoms with Crippen LogP contribution < -0.4 is 5.32 Å². The summed E-state index contributed by atoms with van der Waals surface area (Å²) in [5.41, 5.74) is 1.13. The van der Waals surface area contributed by atoms with Crippen LogP contribution in [0.2, 0.25) is 0 Å². The fraction of sp³-hybridized carbons (Fsp3) is 0.636. The summed E-state index contributed by atoms with van der Waals surface area (Å²) in [6, 6.07) is 0.373. The van der Waals surface area contributed by atoms with Crippen LogP contribution in [0, 0.1) is 6.92 Å². The molecule has 0 radical (unpaired) electrons. The highest BCUT2D eigenvalue weighted by atomic mass is 15.0. The Morgan fingerprint density at radius 3 is 2.79 bits per heavy atom. The predicted octanol–water partition coefficient (Wildman–Crippen LogP) is 1.99. The minimum Gasteiger partial charge on any atom is -0.307 e. The second-order valence-corrected chi connectivity index (χ2v) is 3.97. The SMILES string of the molecule is Cc1cnc(C2CCCCCN2)nc1. The second-order valence-electron chi connectivity index (χ2n) is 3.97. The maximum Gasteiger partial charge on any atom is 0.145 e. The molecule has 76 valence electrons. The van der Waals surface area contributed by atoms with Crippen LogP contribution in [0.3, 0.4) is 0 Å². The lowest BCUT2D eigenvalue weighted by atomic mass is 10.1. The molecule has 1 aliphatic heterocycles. The van der Waals surface area contributed by atoms with Crippen molar-refractivity contribution in [3.8, 4) is 0 Å². The molecule has 2 rings (SSSR count). The molecule has 1 aromatic rings. The van der Waals surface area contributed by atoms with Gasteiger partial charge in [0.05, 0.1) is 6.04 Å². The third kappa shape index (κ3) is 2.29. The van der Waals surface area contributed by atoms with Crippen molar-refractivity contribution in [2.24, 2.45) is 0 Å². The molecule has 3 nitrogen and oxygen atoms in total. The van der Waals surface area contributed by atoms with Crippen molar-refractivity contribution in [3.63, 3.8) is 0 Å². The molecule has 1 saturated heterocycles. The summed E-state index contributed by atoms with van der Waals surface area (Å²) in [5, 5.41) is 3.49. The molecular weight excluding hydrogens is 174 g/mol. The van der Waals surface area contributed by atoms with Gasteiger partial charge in [-0.3, -0.25) is 0 Å². The Morgan fingerprint density at radius 1 is 1.21 bits per heavy atom. The van der Waals surface area contributed by atoms with Crippen LogP contribution in [0.25, 0.3) is 0 Å². The Kier molecular flexibility index (Phi) is 3.09. The molecule has 1 aromatic heterocycles. The fourth-order valence-corrected chi connectivity index (χ4v) is 1.83. The van der Waals surface area contributed by atoms with Gasteiger partial charge in [-0.05, 0) is 31.9 Å². The van der Waals surface area contributed by atoms with Gasteiger partial charge in [0.15, 0.2) is 0 Å². The number of nitrogens with one attached hydrogen (secondary N) is 1. The quantitative estimate of drug-likeness (QED) is 0.737. The average Bonchev–Trinajstić information content (AvgIpc) is 2.47. The molecule has 1 fully saturated rings. The van der Waals surface area contributed by atoms with Crippen LogP contribution in [0.5, 0.6) is 0 Å². The zero-order valence-corrected chi connectivity index (χ0v) is 8.66. The summed E-state index contributed by atoms with van der Waals surface area (Å²) in [6.45, 7) is 3.12. The summed E-state index contributed by atoms with van der Waals surface area (Å²) < 4.78 is 0. The molecule has 1 unspecified atom stereocenters. The van der Waals surface area contributed by atoms with E-state index in [2.05, 4.69) is 15.3 Å². The number of aromatic nitrogens is 2. The van der Waals surface area contributed by atoms with Gasteiger partial charge < -0.3 is 5.32 Å². The fourth-order valence-electron chi connectivity index (χ4n) is 1.83. The first-order valence-corrected chi connectivity index (χ1v) is 5.38. The molecule has 1 N–H and O–H groups in total. The van der Waals surface area contributed by atoms with Crippen molar-refractivity contribution in [2.45, 2.75) is 38.6 Å². The highest BCUT2D eigenvalue weighted by Gasteiger charge is 2.15. The van der Waals surface area contributed by atoms with Crippen molar-refractivity contribution in [1.29, 1.82) is 0 Å². The van der Waals surface area contributed by atoms with Crippen LogP contribution in [0.15, 0.2) is 12.4 Å². The Morgan fingerprint density at radius 2 is 2.00 bits per heavy atom. The summed E-state index contributed by atoms with van der Waals surface area (Å²) in [6.07, 6.45) is 8.86. The Hall–Kier alpha value is -0.960. The zero-order chi connectivity index (χ0) is 9.80. The summed E-state index contributed by atoms with van der Waals surface area (Å²) >= 11 is 0. The van der Waals surface area contributed by atoms with Crippen LogP contribution in [-0.4, -0.2) is 16.5 Å². The standard InChI is InChI=1S/C11H17N3/c1-9-7-13-11(14-8-9)10-5-3-2-4-6-12-10/h7-8,10,12H,2-6H2,1H3. The molecule has 3 heteroatoms. The van der Waals surface area contributed by atoms with Gasteiger partial charge >= 0.3 is 0 Å². The smallest absolute Gasteiger partial charge is 0.145 e. The summed E-state index contributed by atoms with van der Waals surface area (Å²) in [5.74, 6) is 0.956. The second kappa shape index (κ2) is 4.51. The van der Waals surface area contributed by atoms with E-state index in [4.69, 9.17) is 0 Å². The molecule has 0 aliphatic carbocycles. The highest BCUT2D eigenvalue weighted by Crippen LogP contribution is 2.19. The highest BCUT2D eigenvalue weighted by molar-refractivity contribution is 5.04. The molecular formula is C11H17N3. The minimum absolute atomic E-state index is 0.373. The molecule has 1 atom stereocenters. The molecule has 0 amide bonds. The van der Waals surface area contributed by atoms with E-state index in [9.17, 15) is 0 Å². The monoisotopic (exact) mass is 191 g/mol. The third-order valence-corrected chi connectivity index (χ3v) is 2.67. The number of aryl methyl sites for hydroxylation is 1. The van der Waals surface area contributed by atoms with Crippen molar-refractivity contribution >= 4 is 0 Å². The molecule has 0 saturated carbocycles. The summed E-state index contributed by atoms with van der Waals surface area (Å²) in [4.78, 5) is 8.74. The molecule has 1 aliphatic rings. The van der Waals surface area contributed by atoms with Gasteiger partial charge in [-0.1, -0.05) is 12.8 Å². The van der Waals surface area contributed by atoms with Crippen LogP contribution in [0.1, 0.15) is 43.1 Å². The van der Waals surface area contributed by atoms with Gasteiger partial charge in [0.1, 0.15) is 5.82 Å². The van der Waals surface area contributed by atoms with Gasteiger partial charge in [0.2, 0.25) is 0 Å². The number of rotatable bonds is 1. The molecule has 14 heavy (non-hydrogen) atoms. The molecule has 0 spiro atoms. The normalized spacial score (nSPS) is 23.1. The molecule has 0 aromatic carbocycles. The lowest BCUT2D eigenvalue weighted by Gasteiger charge is -2.13. The van der Waals surface area contributed by atoms with E-state index in [1.807, 2.05) is 19.3 Å². The van der Waals surface area contributed by atoms with Crippen LogP contribution in [-0.2, 0) is 0 Å².